The number of fused-ring (bicyclic) bond motifs is 2. The molecule has 9 heteroatoms. The van der Waals surface area contributed by atoms with Gasteiger partial charge in [-0.1, -0.05) is 0 Å². The van der Waals surface area contributed by atoms with E-state index in [1.807, 2.05) is 0 Å². The Bertz CT molecular complexity index is 843. The minimum absolute atomic E-state index is 0.0713. The Labute approximate surface area is 194 Å². The van der Waals surface area contributed by atoms with Crippen molar-refractivity contribution >= 4 is 6.41 Å². The molecule has 5 aliphatic carbocycles. The van der Waals surface area contributed by atoms with Gasteiger partial charge in [0.15, 0.2) is 0 Å². The highest BCUT2D eigenvalue weighted by Gasteiger charge is 2.91. The van der Waals surface area contributed by atoms with Crippen LogP contribution in [0.3, 0.4) is 0 Å². The van der Waals surface area contributed by atoms with Crippen LogP contribution in [0.4, 0.5) is 0 Å². The normalized spacial score (nSPS) is 60.2. The molecule has 1 aliphatic heterocycles. The van der Waals surface area contributed by atoms with Crippen LogP contribution < -0.4 is 0 Å². The van der Waals surface area contributed by atoms with Crippen LogP contribution in [0.25, 0.3) is 0 Å². The number of likely N-dealkylation sites (tertiary alicyclic amines) is 1. The molecule has 0 aromatic carbocycles. The largest absolute Gasteiger partial charge is 0.396 e. The molecule has 5 saturated carbocycles. The molecule has 13 atom stereocenters. The molecule has 33 heavy (non-hydrogen) atoms. The Kier molecular flexibility index (Phi) is 4.73. The summed E-state index contributed by atoms with van der Waals surface area (Å²) >= 11 is 0. The smallest absolute Gasteiger partial charge is 0.210 e. The number of carbonyl (C=O) groups excluding carboxylic acids is 1. The second-order valence-corrected chi connectivity index (χ2v) is 11.6. The number of ether oxygens (including phenoxy) is 4. The number of amides is 1. The topological polar surface area (TPSA) is 118 Å². The number of aliphatic hydroxyl groups excluding tert-OH is 1. The number of carbonyl (C=O) groups is 1. The van der Waals surface area contributed by atoms with Crippen molar-refractivity contribution in [3.05, 3.63) is 0 Å². The van der Waals surface area contributed by atoms with Gasteiger partial charge < -0.3 is 39.2 Å². The van der Waals surface area contributed by atoms with E-state index in [4.69, 9.17) is 18.9 Å². The van der Waals surface area contributed by atoms with Gasteiger partial charge >= 0.3 is 0 Å². The average Bonchev–Trinajstić information content (AvgIpc) is 3.24. The van der Waals surface area contributed by atoms with Gasteiger partial charge in [-0.15, -0.1) is 0 Å². The fourth-order valence-electron chi connectivity index (χ4n) is 10.7. The van der Waals surface area contributed by atoms with Crippen molar-refractivity contribution in [2.45, 2.75) is 67.3 Å². The zero-order valence-electron chi connectivity index (χ0n) is 19.8. The van der Waals surface area contributed by atoms with Gasteiger partial charge in [0, 0.05) is 70.0 Å². The number of rotatable bonds is 6. The van der Waals surface area contributed by atoms with Crippen LogP contribution in [-0.4, -0.2) is 110 Å². The minimum atomic E-state index is -1.75. The van der Waals surface area contributed by atoms with Crippen molar-refractivity contribution in [1.82, 2.24) is 4.90 Å². The molecule has 0 radical (unpaired) electrons. The molecule has 3 N–H and O–H groups in total. The van der Waals surface area contributed by atoms with Crippen molar-refractivity contribution in [2.75, 3.05) is 41.6 Å². The minimum Gasteiger partial charge on any atom is -0.396 e. The number of hydrogen-bond acceptors (Lipinski definition) is 8. The van der Waals surface area contributed by atoms with E-state index in [-0.39, 0.29) is 55.0 Å². The zero-order valence-corrected chi connectivity index (χ0v) is 19.8. The molecule has 1 heterocycles. The third-order valence-corrected chi connectivity index (χ3v) is 11.3. The molecule has 9 nitrogen and oxygen atoms in total. The third kappa shape index (κ3) is 2.07. The van der Waals surface area contributed by atoms with E-state index in [0.717, 1.165) is 19.3 Å². The van der Waals surface area contributed by atoms with E-state index in [0.29, 0.717) is 13.0 Å². The maximum Gasteiger partial charge on any atom is 0.210 e. The Morgan fingerprint density at radius 1 is 1.09 bits per heavy atom. The Morgan fingerprint density at radius 3 is 2.42 bits per heavy atom. The summed E-state index contributed by atoms with van der Waals surface area (Å²) in [6.45, 7) is 0.220. The monoisotopic (exact) mass is 467 g/mol. The molecule has 13 unspecified atom stereocenters. The number of nitrogens with zero attached hydrogens (tertiary/aromatic N) is 1. The van der Waals surface area contributed by atoms with Crippen molar-refractivity contribution in [2.24, 2.45) is 34.5 Å². The van der Waals surface area contributed by atoms with Gasteiger partial charge in [0.2, 0.25) is 6.41 Å². The summed E-state index contributed by atoms with van der Waals surface area (Å²) in [5.74, 6) is -0.614. The lowest BCUT2D eigenvalue weighted by molar-refractivity contribution is -0.315. The lowest BCUT2D eigenvalue weighted by Gasteiger charge is -2.69. The first-order chi connectivity index (χ1) is 15.8. The van der Waals surface area contributed by atoms with Crippen LogP contribution >= 0.6 is 0 Å². The Morgan fingerprint density at radius 2 is 1.85 bits per heavy atom. The van der Waals surface area contributed by atoms with E-state index in [2.05, 4.69) is 0 Å². The van der Waals surface area contributed by atoms with Crippen LogP contribution in [0.1, 0.15) is 25.7 Å². The van der Waals surface area contributed by atoms with Gasteiger partial charge in [0.1, 0.15) is 11.2 Å². The quantitative estimate of drug-likeness (QED) is 0.444. The summed E-state index contributed by atoms with van der Waals surface area (Å²) in [4.78, 5) is 14.2. The first kappa shape index (κ1) is 22.6. The number of aliphatic hydroxyl groups is 3. The fourth-order valence-corrected chi connectivity index (χ4v) is 10.7. The van der Waals surface area contributed by atoms with Crippen LogP contribution in [0.15, 0.2) is 0 Å². The summed E-state index contributed by atoms with van der Waals surface area (Å²) < 4.78 is 24.1. The molecular formula is C24H37NO8. The second kappa shape index (κ2) is 6.90. The highest BCUT2D eigenvalue weighted by Crippen LogP contribution is 2.80. The lowest BCUT2D eigenvalue weighted by atomic mass is 9.42. The molecule has 6 fully saturated rings. The predicted octanol–water partition coefficient (Wildman–Crippen LogP) is -0.592. The highest BCUT2D eigenvalue weighted by molar-refractivity contribution is 5.54. The van der Waals surface area contributed by atoms with Crippen molar-refractivity contribution in [1.29, 1.82) is 0 Å². The Hall–Kier alpha value is -0.810. The van der Waals surface area contributed by atoms with Crippen molar-refractivity contribution < 1.29 is 39.1 Å². The van der Waals surface area contributed by atoms with E-state index < -0.39 is 34.2 Å². The first-order valence-corrected chi connectivity index (χ1v) is 12.2. The second-order valence-electron chi connectivity index (χ2n) is 11.6. The van der Waals surface area contributed by atoms with Gasteiger partial charge in [-0.05, 0) is 25.2 Å². The van der Waals surface area contributed by atoms with Crippen molar-refractivity contribution in [3.8, 4) is 0 Å². The number of piperidine rings is 1. The molecule has 0 aromatic rings. The lowest BCUT2D eigenvalue weighted by Crippen LogP contribution is -2.82. The first-order valence-electron chi connectivity index (χ1n) is 12.2. The standard InChI is InChI=1S/C24H37NO8/c1-30-14-8-22(28)16-13(7-12(14)17(16)32-3)23-15(31-2)5-6-21(10-26)9-25(11-27)20(23)24(22,29)19(33-4)18(21)23/h11-20,26,28-29H,5-10H2,1-4H3. The van der Waals surface area contributed by atoms with Gasteiger partial charge in [-0.2, -0.15) is 0 Å². The maximum absolute atomic E-state index is 12.8. The van der Waals surface area contributed by atoms with Crippen LogP contribution in [-0.2, 0) is 23.7 Å². The van der Waals surface area contributed by atoms with Crippen molar-refractivity contribution in [3.63, 3.8) is 0 Å². The summed E-state index contributed by atoms with van der Waals surface area (Å²) in [5, 5.41) is 36.2. The molecule has 6 aliphatic rings. The molecule has 6 rings (SSSR count). The van der Waals surface area contributed by atoms with E-state index in [1.165, 1.54) is 0 Å². The van der Waals surface area contributed by atoms with E-state index >= 15 is 0 Å². The molecule has 0 aromatic heterocycles. The summed E-state index contributed by atoms with van der Waals surface area (Å²) in [7, 11) is 6.56. The molecule has 1 spiro atoms. The van der Waals surface area contributed by atoms with Crippen LogP contribution in [0, 0.1) is 34.5 Å². The van der Waals surface area contributed by atoms with Gasteiger partial charge in [-0.3, -0.25) is 4.79 Å². The maximum atomic E-state index is 12.8. The van der Waals surface area contributed by atoms with E-state index in [1.54, 1.807) is 33.3 Å². The molecular weight excluding hydrogens is 430 g/mol. The predicted molar refractivity (Wildman–Crippen MR) is 114 cm³/mol. The van der Waals surface area contributed by atoms with Crippen LogP contribution in [0.2, 0.25) is 0 Å². The fraction of sp³-hybridized carbons (Fsp3) is 0.958. The van der Waals surface area contributed by atoms with Crippen LogP contribution in [0.5, 0.6) is 0 Å². The molecule has 1 saturated heterocycles. The summed E-state index contributed by atoms with van der Waals surface area (Å²) in [6, 6.07) is -0.680. The number of methoxy groups -OCH3 is 4. The van der Waals surface area contributed by atoms with E-state index in [9.17, 15) is 20.1 Å². The Balaban J connectivity index is 1.69. The summed E-state index contributed by atoms with van der Waals surface area (Å²) in [6.07, 6.45) is 1.60. The molecule has 186 valence electrons. The van der Waals surface area contributed by atoms with Gasteiger partial charge in [0.25, 0.3) is 0 Å². The zero-order chi connectivity index (χ0) is 23.6. The van der Waals surface area contributed by atoms with Gasteiger partial charge in [-0.25, -0.2) is 0 Å². The summed E-state index contributed by atoms with van der Waals surface area (Å²) in [5.41, 5.74) is -4.64. The third-order valence-electron chi connectivity index (χ3n) is 11.3. The number of hydrogen-bond donors (Lipinski definition) is 3. The molecule has 7 bridgehead atoms. The SMILES string of the molecule is COC1CC2(O)C3C(OC)C1CC3C13C(OC)CCC4(CO)CN(C=O)C1C2(O)C(OC)C43. The average molecular weight is 468 g/mol. The molecule has 1 amide bonds. The highest BCUT2D eigenvalue weighted by atomic mass is 16.5. The van der Waals surface area contributed by atoms with Gasteiger partial charge in [0.05, 0.1) is 37.1 Å².